The van der Waals surface area contributed by atoms with E-state index in [9.17, 15) is 14.9 Å². The smallest absolute Gasteiger partial charge is 0.342 e. The highest BCUT2D eigenvalue weighted by atomic mass is 16.6. The Hall–Kier alpha value is -2.15. The maximum absolute atomic E-state index is 11.0. The van der Waals surface area contributed by atoms with E-state index in [2.05, 4.69) is 0 Å². The maximum atomic E-state index is 11.0. The summed E-state index contributed by atoms with van der Waals surface area (Å²) in [5.41, 5.74) is -0.827. The van der Waals surface area contributed by atoms with Crippen LogP contribution in [0.5, 0.6) is 5.75 Å². The number of hydrogen-bond acceptors (Lipinski definition) is 5. The van der Waals surface area contributed by atoms with Crippen LogP contribution in [0.1, 0.15) is 23.2 Å². The van der Waals surface area contributed by atoms with Gasteiger partial charge in [0.2, 0.25) is 0 Å². The summed E-state index contributed by atoms with van der Waals surface area (Å²) >= 11 is 0. The molecule has 0 radical (unpaired) electrons. The lowest BCUT2D eigenvalue weighted by atomic mass is 10.1. The lowest BCUT2D eigenvalue weighted by Gasteiger charge is -2.11. The van der Waals surface area contributed by atoms with E-state index in [0.29, 0.717) is 19.0 Å². The van der Waals surface area contributed by atoms with Gasteiger partial charge < -0.3 is 14.6 Å². The number of hydrogen-bond donors (Lipinski definition) is 1. The molecule has 19 heavy (non-hydrogen) atoms. The summed E-state index contributed by atoms with van der Waals surface area (Å²) in [6.45, 7) is 1.02. The molecule has 1 heterocycles. The second kappa shape index (κ2) is 5.66. The van der Waals surface area contributed by atoms with E-state index >= 15 is 0 Å². The van der Waals surface area contributed by atoms with Crippen molar-refractivity contribution >= 4 is 11.7 Å². The summed E-state index contributed by atoms with van der Waals surface area (Å²) < 4.78 is 10.8. The van der Waals surface area contributed by atoms with E-state index in [-0.39, 0.29) is 11.7 Å². The van der Waals surface area contributed by atoms with Gasteiger partial charge in [-0.2, -0.15) is 0 Å². The average Bonchev–Trinajstić information content (AvgIpc) is 2.88. The second-order valence-electron chi connectivity index (χ2n) is 4.19. The molecule has 0 bridgehead atoms. The monoisotopic (exact) mass is 267 g/mol. The third kappa shape index (κ3) is 3.19. The Morgan fingerprint density at radius 3 is 2.95 bits per heavy atom. The molecule has 2 rings (SSSR count). The Morgan fingerprint density at radius 1 is 1.58 bits per heavy atom. The molecule has 1 aliphatic heterocycles. The van der Waals surface area contributed by atoms with Crippen molar-refractivity contribution in [3.63, 3.8) is 0 Å². The zero-order valence-electron chi connectivity index (χ0n) is 10.1. The van der Waals surface area contributed by atoms with Gasteiger partial charge in [0.05, 0.1) is 11.0 Å². The summed E-state index contributed by atoms with van der Waals surface area (Å²) in [6, 6.07) is 3.68. The minimum Gasteiger partial charge on any atom is -0.491 e. The van der Waals surface area contributed by atoms with Crippen LogP contribution in [0.25, 0.3) is 0 Å². The van der Waals surface area contributed by atoms with Crippen molar-refractivity contribution in [2.24, 2.45) is 0 Å². The maximum Gasteiger partial charge on any atom is 0.342 e. The molecule has 0 saturated carbocycles. The number of carbonyl (C=O) groups is 1. The predicted octanol–water partition coefficient (Wildman–Crippen LogP) is 1.85. The SMILES string of the molecule is O=C(O)c1cc(OCC2CCCO2)ccc1[N+](=O)[O-]. The van der Waals surface area contributed by atoms with Crippen LogP contribution in [0.15, 0.2) is 18.2 Å². The molecule has 1 aromatic rings. The quantitative estimate of drug-likeness (QED) is 0.645. The van der Waals surface area contributed by atoms with E-state index in [1.165, 1.54) is 6.07 Å². The topological polar surface area (TPSA) is 98.9 Å². The molecular weight excluding hydrogens is 254 g/mol. The molecule has 102 valence electrons. The lowest BCUT2D eigenvalue weighted by molar-refractivity contribution is -0.385. The van der Waals surface area contributed by atoms with Crippen molar-refractivity contribution in [1.29, 1.82) is 0 Å². The van der Waals surface area contributed by atoms with E-state index < -0.39 is 16.6 Å². The van der Waals surface area contributed by atoms with Crippen LogP contribution >= 0.6 is 0 Å². The van der Waals surface area contributed by atoms with E-state index in [1.807, 2.05) is 0 Å². The molecule has 1 aliphatic rings. The van der Waals surface area contributed by atoms with Crippen molar-refractivity contribution in [2.45, 2.75) is 18.9 Å². The molecule has 0 amide bonds. The van der Waals surface area contributed by atoms with Gasteiger partial charge in [0, 0.05) is 18.7 Å². The van der Waals surface area contributed by atoms with Gasteiger partial charge >= 0.3 is 5.97 Å². The summed E-state index contributed by atoms with van der Waals surface area (Å²) in [5.74, 6) is -1.06. The van der Waals surface area contributed by atoms with Gasteiger partial charge in [0.15, 0.2) is 0 Å². The molecule has 7 heteroatoms. The normalized spacial score (nSPS) is 18.2. The Balaban J connectivity index is 2.11. The Kier molecular flexibility index (Phi) is 3.96. The Bertz CT molecular complexity index is 495. The number of carboxylic acids is 1. The number of benzene rings is 1. The summed E-state index contributed by atoms with van der Waals surface area (Å²) in [4.78, 5) is 20.9. The van der Waals surface area contributed by atoms with Gasteiger partial charge in [0.25, 0.3) is 5.69 Å². The standard InChI is InChI=1S/C12H13NO6/c14-12(15)10-6-8(3-4-11(10)13(16)17)19-7-9-2-1-5-18-9/h3-4,6,9H,1-2,5,7H2,(H,14,15). The third-order valence-electron chi connectivity index (χ3n) is 2.86. The molecule has 0 spiro atoms. The van der Waals surface area contributed by atoms with Crippen LogP contribution in [0, 0.1) is 10.1 Å². The first-order valence-electron chi connectivity index (χ1n) is 5.84. The van der Waals surface area contributed by atoms with Crippen LogP contribution in [0.2, 0.25) is 0 Å². The van der Waals surface area contributed by atoms with E-state index in [1.54, 1.807) is 0 Å². The molecule has 1 fully saturated rings. The van der Waals surface area contributed by atoms with Crippen molar-refractivity contribution in [2.75, 3.05) is 13.2 Å². The highest BCUT2D eigenvalue weighted by Gasteiger charge is 2.21. The first-order chi connectivity index (χ1) is 9.08. The second-order valence-corrected chi connectivity index (χ2v) is 4.19. The summed E-state index contributed by atoms with van der Waals surface area (Å²) in [6.07, 6.45) is 1.89. The molecule has 1 N–H and O–H groups in total. The van der Waals surface area contributed by atoms with Gasteiger partial charge in [-0.05, 0) is 18.9 Å². The fraction of sp³-hybridized carbons (Fsp3) is 0.417. The molecular formula is C12H13NO6. The lowest BCUT2D eigenvalue weighted by Crippen LogP contribution is -2.16. The van der Waals surface area contributed by atoms with Crippen molar-refractivity contribution in [1.82, 2.24) is 0 Å². The van der Waals surface area contributed by atoms with Crippen LogP contribution in [0.3, 0.4) is 0 Å². The highest BCUT2D eigenvalue weighted by molar-refractivity contribution is 5.92. The van der Waals surface area contributed by atoms with Crippen LogP contribution in [-0.2, 0) is 4.74 Å². The average molecular weight is 267 g/mol. The van der Waals surface area contributed by atoms with Gasteiger partial charge in [-0.25, -0.2) is 4.79 Å². The van der Waals surface area contributed by atoms with Crippen LogP contribution in [0.4, 0.5) is 5.69 Å². The van der Waals surface area contributed by atoms with E-state index in [4.69, 9.17) is 14.6 Å². The Labute approximate surface area is 108 Å². The van der Waals surface area contributed by atoms with Gasteiger partial charge in [-0.3, -0.25) is 10.1 Å². The molecule has 1 aromatic carbocycles. The zero-order chi connectivity index (χ0) is 13.8. The fourth-order valence-electron chi connectivity index (χ4n) is 1.90. The van der Waals surface area contributed by atoms with Crippen molar-refractivity contribution < 1.29 is 24.3 Å². The predicted molar refractivity (Wildman–Crippen MR) is 64.5 cm³/mol. The minimum absolute atomic E-state index is 0.00321. The number of nitrogens with zero attached hydrogens (tertiary/aromatic N) is 1. The molecule has 0 aromatic heterocycles. The van der Waals surface area contributed by atoms with Crippen molar-refractivity contribution in [3.05, 3.63) is 33.9 Å². The third-order valence-corrected chi connectivity index (χ3v) is 2.86. The largest absolute Gasteiger partial charge is 0.491 e. The number of ether oxygens (including phenoxy) is 2. The zero-order valence-corrected chi connectivity index (χ0v) is 10.1. The molecule has 1 unspecified atom stereocenters. The van der Waals surface area contributed by atoms with Gasteiger partial charge in [-0.15, -0.1) is 0 Å². The number of aromatic carboxylic acids is 1. The number of carboxylic acid groups (broad SMARTS) is 1. The minimum atomic E-state index is -1.35. The van der Waals surface area contributed by atoms with Crippen molar-refractivity contribution in [3.8, 4) is 5.75 Å². The molecule has 1 saturated heterocycles. The number of nitro benzene ring substituents is 1. The number of rotatable bonds is 5. The molecule has 0 aliphatic carbocycles. The first kappa shape index (κ1) is 13.3. The fourth-order valence-corrected chi connectivity index (χ4v) is 1.90. The summed E-state index contributed by atoms with van der Waals surface area (Å²) in [5, 5.41) is 19.6. The van der Waals surface area contributed by atoms with Crippen LogP contribution < -0.4 is 4.74 Å². The highest BCUT2D eigenvalue weighted by Crippen LogP contribution is 2.24. The summed E-state index contributed by atoms with van der Waals surface area (Å²) in [7, 11) is 0. The first-order valence-corrected chi connectivity index (χ1v) is 5.84. The molecule has 1 atom stereocenters. The van der Waals surface area contributed by atoms with Gasteiger partial charge in [-0.1, -0.05) is 0 Å². The van der Waals surface area contributed by atoms with E-state index in [0.717, 1.165) is 25.0 Å². The molecule has 7 nitrogen and oxygen atoms in total. The Morgan fingerprint density at radius 2 is 2.37 bits per heavy atom. The van der Waals surface area contributed by atoms with Gasteiger partial charge in [0.1, 0.15) is 17.9 Å². The number of nitro groups is 1. The van der Waals surface area contributed by atoms with Crippen LogP contribution in [-0.4, -0.2) is 35.3 Å².